The molecule has 1 N–H and O–H groups in total. The average molecular weight is 391 g/mol. The highest BCUT2D eigenvalue weighted by Crippen LogP contribution is 2.33. The third-order valence-corrected chi connectivity index (χ3v) is 6.35. The van der Waals surface area contributed by atoms with E-state index in [0.29, 0.717) is 23.2 Å². The molecule has 0 bridgehead atoms. The van der Waals surface area contributed by atoms with Crippen LogP contribution in [0.5, 0.6) is 0 Å². The van der Waals surface area contributed by atoms with Gasteiger partial charge in [0.2, 0.25) is 11.1 Å². The van der Waals surface area contributed by atoms with E-state index in [1.54, 1.807) is 23.0 Å². The van der Waals surface area contributed by atoms with E-state index in [2.05, 4.69) is 25.3 Å². The molecule has 1 saturated heterocycles. The topological polar surface area (TPSA) is 84.7 Å². The Kier molecular flexibility index (Phi) is 5.89. The highest BCUT2D eigenvalue weighted by atomic mass is 32.2. The summed E-state index contributed by atoms with van der Waals surface area (Å²) < 4.78 is 7.14. The molecule has 2 fully saturated rings. The van der Waals surface area contributed by atoms with Crippen molar-refractivity contribution in [2.45, 2.75) is 42.8 Å². The van der Waals surface area contributed by atoms with Crippen LogP contribution in [0.4, 0.5) is 0 Å². The number of rotatable bonds is 6. The van der Waals surface area contributed by atoms with E-state index in [1.165, 1.54) is 31.0 Å². The number of ether oxygens (including phenoxy) is 1. The van der Waals surface area contributed by atoms with Gasteiger partial charge in [-0.05, 0) is 18.9 Å². The third kappa shape index (κ3) is 4.41. The maximum atomic E-state index is 12.4. The first-order valence-electron chi connectivity index (χ1n) is 9.65. The maximum absolute atomic E-state index is 12.4. The van der Waals surface area contributed by atoms with Crippen molar-refractivity contribution in [1.29, 1.82) is 0 Å². The molecular formula is C18H26N6O2S. The molecule has 8 nitrogen and oxygen atoms in total. The Morgan fingerprint density at radius 2 is 2.07 bits per heavy atom. The fraction of sp³-hybridized carbons (Fsp3) is 0.667. The SMILES string of the molecule is O=C(CSc1nc2ncccn2n1)NCC1(N2CCOCC2)CCCCC1. The Labute approximate surface area is 163 Å². The Morgan fingerprint density at radius 3 is 2.85 bits per heavy atom. The van der Waals surface area contributed by atoms with Crippen molar-refractivity contribution >= 4 is 23.4 Å². The Bertz CT molecular complexity index is 737. The number of nitrogens with one attached hydrogen (secondary N) is 1. The Hall–Kier alpha value is -1.71. The number of hydrogen-bond acceptors (Lipinski definition) is 7. The molecule has 0 spiro atoms. The minimum atomic E-state index is 0.0324. The summed E-state index contributed by atoms with van der Waals surface area (Å²) in [5.74, 6) is 0.898. The highest BCUT2D eigenvalue weighted by Gasteiger charge is 2.38. The van der Waals surface area contributed by atoms with Crippen molar-refractivity contribution in [3.63, 3.8) is 0 Å². The zero-order valence-corrected chi connectivity index (χ0v) is 16.3. The monoisotopic (exact) mass is 390 g/mol. The van der Waals surface area contributed by atoms with Gasteiger partial charge in [0.15, 0.2) is 0 Å². The number of carbonyl (C=O) groups excluding carboxylic acids is 1. The standard InChI is InChI=1S/C18H26N6O2S/c25-15(13-27-17-21-16-19-7-4-8-24(16)22-17)20-14-18(5-2-1-3-6-18)23-9-11-26-12-10-23/h4,7-8H,1-3,5-6,9-14H2,(H,20,25). The highest BCUT2D eigenvalue weighted by molar-refractivity contribution is 7.99. The lowest BCUT2D eigenvalue weighted by atomic mass is 9.79. The van der Waals surface area contributed by atoms with Gasteiger partial charge in [0, 0.05) is 37.6 Å². The summed E-state index contributed by atoms with van der Waals surface area (Å²) in [4.78, 5) is 23.5. The predicted molar refractivity (Wildman–Crippen MR) is 103 cm³/mol. The van der Waals surface area contributed by atoms with Crippen molar-refractivity contribution in [2.24, 2.45) is 0 Å². The Morgan fingerprint density at radius 1 is 1.26 bits per heavy atom. The summed E-state index contributed by atoms with van der Waals surface area (Å²) in [5, 5.41) is 8.07. The second-order valence-electron chi connectivity index (χ2n) is 7.21. The molecule has 27 heavy (non-hydrogen) atoms. The van der Waals surface area contributed by atoms with Crippen LogP contribution >= 0.6 is 11.8 Å². The molecule has 1 saturated carbocycles. The van der Waals surface area contributed by atoms with E-state index < -0.39 is 0 Å². The summed E-state index contributed by atoms with van der Waals surface area (Å²) in [6, 6.07) is 1.80. The third-order valence-electron chi connectivity index (χ3n) is 5.51. The minimum absolute atomic E-state index is 0.0324. The molecule has 1 aliphatic carbocycles. The second kappa shape index (κ2) is 8.53. The molecule has 2 aromatic rings. The summed E-state index contributed by atoms with van der Waals surface area (Å²) in [6.07, 6.45) is 9.55. The maximum Gasteiger partial charge on any atom is 0.253 e. The van der Waals surface area contributed by atoms with Gasteiger partial charge in [0.25, 0.3) is 5.78 Å². The van der Waals surface area contributed by atoms with E-state index >= 15 is 0 Å². The molecule has 146 valence electrons. The number of aromatic nitrogens is 4. The first kappa shape index (κ1) is 18.6. The van der Waals surface area contributed by atoms with Crippen LogP contribution in [0.1, 0.15) is 32.1 Å². The van der Waals surface area contributed by atoms with E-state index in [-0.39, 0.29) is 11.4 Å². The van der Waals surface area contributed by atoms with Gasteiger partial charge in [-0.25, -0.2) is 9.50 Å². The quantitative estimate of drug-likeness (QED) is 0.746. The number of amides is 1. The lowest BCUT2D eigenvalue weighted by Gasteiger charge is -2.48. The van der Waals surface area contributed by atoms with Gasteiger partial charge in [-0.15, -0.1) is 5.10 Å². The number of morpholine rings is 1. The van der Waals surface area contributed by atoms with Crippen molar-refractivity contribution in [3.8, 4) is 0 Å². The van der Waals surface area contributed by atoms with E-state index in [1.807, 2.05) is 0 Å². The lowest BCUT2D eigenvalue weighted by molar-refractivity contribution is -0.119. The second-order valence-corrected chi connectivity index (χ2v) is 8.15. The number of hydrogen-bond donors (Lipinski definition) is 1. The summed E-state index contributed by atoms with van der Waals surface area (Å²) in [7, 11) is 0. The fourth-order valence-electron chi connectivity index (χ4n) is 4.07. The predicted octanol–water partition coefficient (Wildman–Crippen LogP) is 1.37. The molecule has 9 heteroatoms. The van der Waals surface area contributed by atoms with Crippen LogP contribution in [0.15, 0.2) is 23.6 Å². The molecule has 2 aliphatic rings. The Balaban J connectivity index is 1.32. The normalized spacial score (nSPS) is 20.6. The molecule has 0 atom stereocenters. The summed E-state index contributed by atoms with van der Waals surface area (Å²) in [5.41, 5.74) is 0.0909. The van der Waals surface area contributed by atoms with Crippen LogP contribution in [0.25, 0.3) is 5.78 Å². The largest absolute Gasteiger partial charge is 0.379 e. The number of thioether (sulfide) groups is 1. The van der Waals surface area contributed by atoms with Gasteiger partial charge in [-0.1, -0.05) is 31.0 Å². The first-order valence-corrected chi connectivity index (χ1v) is 10.6. The van der Waals surface area contributed by atoms with Crippen LogP contribution in [0, 0.1) is 0 Å². The molecule has 0 radical (unpaired) electrons. The smallest absolute Gasteiger partial charge is 0.253 e. The molecule has 0 aromatic carbocycles. The molecule has 0 unspecified atom stereocenters. The van der Waals surface area contributed by atoms with Crippen molar-refractivity contribution < 1.29 is 9.53 Å². The van der Waals surface area contributed by atoms with Crippen LogP contribution in [0.2, 0.25) is 0 Å². The van der Waals surface area contributed by atoms with Crippen molar-refractivity contribution in [3.05, 3.63) is 18.5 Å². The van der Waals surface area contributed by atoms with E-state index in [9.17, 15) is 4.79 Å². The average Bonchev–Trinajstić information content (AvgIpc) is 3.15. The lowest BCUT2D eigenvalue weighted by Crippen LogP contribution is -2.59. The van der Waals surface area contributed by atoms with Crippen LogP contribution in [-0.4, -0.2) is 74.5 Å². The molecule has 3 heterocycles. The van der Waals surface area contributed by atoms with Crippen LogP contribution in [0.3, 0.4) is 0 Å². The van der Waals surface area contributed by atoms with E-state index in [0.717, 1.165) is 39.1 Å². The van der Waals surface area contributed by atoms with Gasteiger partial charge in [-0.3, -0.25) is 9.69 Å². The zero-order valence-electron chi connectivity index (χ0n) is 15.5. The molecule has 2 aromatic heterocycles. The van der Waals surface area contributed by atoms with Gasteiger partial charge in [0.05, 0.1) is 19.0 Å². The molecular weight excluding hydrogens is 364 g/mol. The van der Waals surface area contributed by atoms with Crippen LogP contribution < -0.4 is 5.32 Å². The zero-order chi connectivity index (χ0) is 18.5. The summed E-state index contributed by atoms with van der Waals surface area (Å²) >= 11 is 1.35. The van der Waals surface area contributed by atoms with E-state index in [4.69, 9.17) is 4.74 Å². The summed E-state index contributed by atoms with van der Waals surface area (Å²) in [6.45, 7) is 4.22. The molecule has 4 rings (SSSR count). The number of carbonyl (C=O) groups is 1. The minimum Gasteiger partial charge on any atom is -0.379 e. The van der Waals surface area contributed by atoms with Gasteiger partial charge in [-0.2, -0.15) is 4.98 Å². The van der Waals surface area contributed by atoms with Gasteiger partial charge < -0.3 is 10.1 Å². The van der Waals surface area contributed by atoms with Gasteiger partial charge >= 0.3 is 0 Å². The number of fused-ring (bicyclic) bond motifs is 1. The first-order chi connectivity index (χ1) is 13.3. The number of nitrogens with zero attached hydrogens (tertiary/aromatic N) is 5. The van der Waals surface area contributed by atoms with Gasteiger partial charge in [0.1, 0.15) is 0 Å². The fourth-order valence-corrected chi connectivity index (χ4v) is 4.73. The van der Waals surface area contributed by atoms with Crippen molar-refractivity contribution in [2.75, 3.05) is 38.6 Å². The molecule has 1 aliphatic heterocycles. The van der Waals surface area contributed by atoms with Crippen molar-refractivity contribution in [1.82, 2.24) is 29.8 Å². The molecule has 1 amide bonds. The van der Waals surface area contributed by atoms with Crippen LogP contribution in [-0.2, 0) is 9.53 Å².